The molecule has 0 bridgehead atoms. The Balaban J connectivity index is 2.52. The molecule has 0 amide bonds. The highest BCUT2D eigenvalue weighted by Crippen LogP contribution is 2.21. The average molecular weight is 244 g/mol. The van der Waals surface area contributed by atoms with Gasteiger partial charge in [-0.15, -0.1) is 0 Å². The second-order valence-electron chi connectivity index (χ2n) is 4.48. The molecule has 4 nitrogen and oxygen atoms in total. The van der Waals surface area contributed by atoms with Crippen LogP contribution in [0.2, 0.25) is 0 Å². The van der Waals surface area contributed by atoms with Crippen LogP contribution in [0.5, 0.6) is 0 Å². The zero-order valence-electron chi connectivity index (χ0n) is 10.8. The molecule has 0 saturated carbocycles. The van der Waals surface area contributed by atoms with Crippen LogP contribution in [0, 0.1) is 20.8 Å². The minimum Gasteiger partial charge on any atom is -0.481 e. The number of carbonyl (C=O) groups is 1. The number of aromatic nitrogens is 2. The minimum absolute atomic E-state index is 0.0107. The number of nitrogens with zero attached hydrogens (tertiary/aromatic N) is 2. The highest BCUT2D eigenvalue weighted by Gasteiger charge is 2.13. The van der Waals surface area contributed by atoms with E-state index < -0.39 is 5.97 Å². The zero-order valence-corrected chi connectivity index (χ0v) is 10.8. The van der Waals surface area contributed by atoms with Gasteiger partial charge in [-0.2, -0.15) is 5.10 Å². The van der Waals surface area contributed by atoms with Crippen molar-refractivity contribution >= 4 is 5.97 Å². The number of carboxylic acid groups (broad SMARTS) is 1. The molecule has 0 aliphatic heterocycles. The highest BCUT2D eigenvalue weighted by molar-refractivity contribution is 5.70. The lowest BCUT2D eigenvalue weighted by molar-refractivity contribution is -0.136. The average Bonchev–Trinajstić information content (AvgIpc) is 2.61. The molecule has 0 spiro atoms. The predicted octanol–water partition coefficient (Wildman–Crippen LogP) is 2.42. The molecule has 18 heavy (non-hydrogen) atoms. The normalized spacial score (nSPS) is 10.6. The van der Waals surface area contributed by atoms with Gasteiger partial charge in [0.2, 0.25) is 0 Å². The van der Waals surface area contributed by atoms with E-state index in [0.717, 1.165) is 28.1 Å². The van der Waals surface area contributed by atoms with Gasteiger partial charge < -0.3 is 5.11 Å². The summed E-state index contributed by atoms with van der Waals surface area (Å²) in [7, 11) is 0. The van der Waals surface area contributed by atoms with Gasteiger partial charge in [0.15, 0.2) is 0 Å². The van der Waals surface area contributed by atoms with Crippen LogP contribution in [0.3, 0.4) is 0 Å². The van der Waals surface area contributed by atoms with Crippen LogP contribution >= 0.6 is 0 Å². The number of rotatable bonds is 3. The molecule has 2 aromatic rings. The van der Waals surface area contributed by atoms with Crippen molar-refractivity contribution in [3.8, 4) is 5.69 Å². The Hall–Kier alpha value is -2.10. The molecule has 0 aliphatic rings. The maximum atomic E-state index is 10.8. The van der Waals surface area contributed by atoms with Gasteiger partial charge in [0.05, 0.1) is 18.3 Å². The Labute approximate surface area is 106 Å². The minimum atomic E-state index is -0.834. The van der Waals surface area contributed by atoms with Crippen molar-refractivity contribution in [1.82, 2.24) is 9.78 Å². The predicted molar refractivity (Wildman–Crippen MR) is 69.1 cm³/mol. The molecular formula is C14H16N2O2. The van der Waals surface area contributed by atoms with Crippen molar-refractivity contribution < 1.29 is 9.90 Å². The van der Waals surface area contributed by atoms with E-state index in [4.69, 9.17) is 5.11 Å². The van der Waals surface area contributed by atoms with Gasteiger partial charge in [-0.25, -0.2) is 4.68 Å². The van der Waals surface area contributed by atoms with Crippen molar-refractivity contribution in [3.63, 3.8) is 0 Å². The monoisotopic (exact) mass is 244 g/mol. The highest BCUT2D eigenvalue weighted by atomic mass is 16.4. The fourth-order valence-electron chi connectivity index (χ4n) is 2.15. The summed E-state index contributed by atoms with van der Waals surface area (Å²) in [5, 5.41) is 13.2. The summed E-state index contributed by atoms with van der Waals surface area (Å²) >= 11 is 0. The Bertz CT molecular complexity index is 580. The topological polar surface area (TPSA) is 55.1 Å². The van der Waals surface area contributed by atoms with Crippen LogP contribution in [0.4, 0.5) is 0 Å². The van der Waals surface area contributed by atoms with E-state index in [2.05, 4.69) is 5.10 Å². The number of aryl methyl sites for hydroxylation is 2. The first-order valence-corrected chi connectivity index (χ1v) is 5.82. The first-order valence-electron chi connectivity index (χ1n) is 5.82. The maximum absolute atomic E-state index is 10.8. The lowest BCUT2D eigenvalue weighted by Crippen LogP contribution is -2.06. The molecule has 0 atom stereocenters. The molecule has 1 aromatic carbocycles. The Morgan fingerprint density at radius 1 is 1.28 bits per heavy atom. The van der Waals surface area contributed by atoms with Gasteiger partial charge >= 0.3 is 5.97 Å². The molecule has 0 saturated heterocycles. The van der Waals surface area contributed by atoms with Crippen LogP contribution in [0.25, 0.3) is 5.69 Å². The fourth-order valence-corrected chi connectivity index (χ4v) is 2.15. The van der Waals surface area contributed by atoms with Gasteiger partial charge in [0.1, 0.15) is 0 Å². The standard InChI is InChI=1S/C14H16N2O2/c1-9-5-4-6-10(2)14(9)16-11(3)12(8-15-16)7-13(17)18/h4-6,8H,7H2,1-3H3,(H,17,18). The zero-order chi connectivity index (χ0) is 13.3. The van der Waals surface area contributed by atoms with Crippen LogP contribution in [-0.2, 0) is 11.2 Å². The number of carboxylic acids is 1. The van der Waals surface area contributed by atoms with Gasteiger partial charge in [0, 0.05) is 11.3 Å². The van der Waals surface area contributed by atoms with E-state index in [1.54, 1.807) is 6.20 Å². The number of hydrogen-bond acceptors (Lipinski definition) is 2. The van der Waals surface area contributed by atoms with Crippen LogP contribution < -0.4 is 0 Å². The first-order chi connectivity index (χ1) is 8.50. The van der Waals surface area contributed by atoms with Crippen molar-refractivity contribution in [2.75, 3.05) is 0 Å². The first kappa shape index (κ1) is 12.4. The molecular weight excluding hydrogens is 228 g/mol. The third-order valence-corrected chi connectivity index (χ3v) is 3.10. The lowest BCUT2D eigenvalue weighted by atomic mass is 10.1. The molecule has 2 rings (SSSR count). The molecule has 1 aromatic heterocycles. The SMILES string of the molecule is Cc1cccc(C)c1-n1ncc(CC(=O)O)c1C. The van der Waals surface area contributed by atoms with Crippen molar-refractivity contribution in [2.24, 2.45) is 0 Å². The molecule has 1 heterocycles. The molecule has 0 fully saturated rings. The summed E-state index contributed by atoms with van der Waals surface area (Å²) < 4.78 is 1.82. The Kier molecular flexibility index (Phi) is 3.19. The Morgan fingerprint density at radius 3 is 2.44 bits per heavy atom. The summed E-state index contributed by atoms with van der Waals surface area (Å²) in [6.07, 6.45) is 1.64. The van der Waals surface area contributed by atoms with E-state index >= 15 is 0 Å². The van der Waals surface area contributed by atoms with E-state index in [9.17, 15) is 4.79 Å². The smallest absolute Gasteiger partial charge is 0.307 e. The summed E-state index contributed by atoms with van der Waals surface area (Å²) in [5.74, 6) is -0.834. The molecule has 0 aliphatic carbocycles. The van der Waals surface area contributed by atoms with Gasteiger partial charge in [0.25, 0.3) is 0 Å². The number of benzene rings is 1. The van der Waals surface area contributed by atoms with E-state index in [1.807, 2.05) is 43.7 Å². The van der Waals surface area contributed by atoms with Crippen LogP contribution in [0.1, 0.15) is 22.4 Å². The number of hydrogen-bond donors (Lipinski definition) is 1. The fraction of sp³-hybridized carbons (Fsp3) is 0.286. The van der Waals surface area contributed by atoms with Gasteiger partial charge in [-0.05, 0) is 31.9 Å². The number of para-hydroxylation sites is 1. The molecule has 1 N–H and O–H groups in total. The summed E-state index contributed by atoms with van der Waals surface area (Å²) in [4.78, 5) is 10.8. The Morgan fingerprint density at radius 2 is 1.89 bits per heavy atom. The van der Waals surface area contributed by atoms with Crippen molar-refractivity contribution in [1.29, 1.82) is 0 Å². The van der Waals surface area contributed by atoms with Crippen molar-refractivity contribution in [2.45, 2.75) is 27.2 Å². The lowest BCUT2D eigenvalue weighted by Gasteiger charge is -2.11. The van der Waals surface area contributed by atoms with E-state index in [-0.39, 0.29) is 6.42 Å². The van der Waals surface area contributed by atoms with Crippen molar-refractivity contribution in [3.05, 3.63) is 46.8 Å². The second kappa shape index (κ2) is 4.64. The van der Waals surface area contributed by atoms with Gasteiger partial charge in [-0.3, -0.25) is 4.79 Å². The second-order valence-corrected chi connectivity index (χ2v) is 4.48. The van der Waals surface area contributed by atoms with Crippen LogP contribution in [-0.4, -0.2) is 20.9 Å². The maximum Gasteiger partial charge on any atom is 0.307 e. The molecule has 4 heteroatoms. The van der Waals surface area contributed by atoms with E-state index in [0.29, 0.717) is 0 Å². The summed E-state index contributed by atoms with van der Waals surface area (Å²) in [6, 6.07) is 6.06. The molecule has 0 radical (unpaired) electrons. The number of aliphatic carboxylic acids is 1. The molecule has 94 valence electrons. The van der Waals surface area contributed by atoms with Gasteiger partial charge in [-0.1, -0.05) is 18.2 Å². The third kappa shape index (κ3) is 2.14. The van der Waals surface area contributed by atoms with Crippen LogP contribution in [0.15, 0.2) is 24.4 Å². The quantitative estimate of drug-likeness (QED) is 0.902. The summed E-state index contributed by atoms with van der Waals surface area (Å²) in [5.41, 5.74) is 4.93. The largest absolute Gasteiger partial charge is 0.481 e. The molecule has 0 unspecified atom stereocenters. The van der Waals surface area contributed by atoms with E-state index in [1.165, 1.54) is 0 Å². The third-order valence-electron chi connectivity index (χ3n) is 3.10. The summed E-state index contributed by atoms with van der Waals surface area (Å²) in [6.45, 7) is 5.96.